The van der Waals surface area contributed by atoms with Crippen LogP contribution in [-0.4, -0.2) is 26.0 Å². The lowest BCUT2D eigenvalue weighted by molar-refractivity contribution is -0.142. The molecule has 0 saturated heterocycles. The maximum Gasteiger partial charge on any atom is 0.311 e. The maximum atomic E-state index is 12.0. The lowest BCUT2D eigenvalue weighted by Crippen LogP contribution is -2.12. The Morgan fingerprint density at radius 2 is 2.25 bits per heavy atom. The van der Waals surface area contributed by atoms with Crippen molar-refractivity contribution in [3.8, 4) is 0 Å². The summed E-state index contributed by atoms with van der Waals surface area (Å²) in [6.07, 6.45) is 0.0328. The zero-order valence-electron chi connectivity index (χ0n) is 10.5. The molecule has 0 radical (unpaired) electrons. The minimum absolute atomic E-state index is 0.0328. The van der Waals surface area contributed by atoms with Crippen molar-refractivity contribution in [1.29, 1.82) is 0 Å². The third-order valence-corrected chi connectivity index (χ3v) is 5.84. The fourth-order valence-corrected chi connectivity index (χ4v) is 4.33. The molecule has 0 unspecified atom stereocenters. The number of thiophene rings is 1. The Bertz CT molecular complexity index is 676. The highest BCUT2D eigenvalue weighted by Gasteiger charge is 2.17. The summed E-state index contributed by atoms with van der Waals surface area (Å²) in [5.41, 5.74) is 0.484. The zero-order chi connectivity index (χ0) is 14.6. The molecule has 9 heteroatoms. The number of rotatable bonds is 6. The van der Waals surface area contributed by atoms with Gasteiger partial charge in [0.1, 0.15) is 4.21 Å². The highest BCUT2D eigenvalue weighted by atomic mass is 32.2. The minimum atomic E-state index is -3.60. The first-order valence-electron chi connectivity index (χ1n) is 5.67. The first kappa shape index (κ1) is 14.9. The molecule has 6 nitrogen and oxygen atoms in total. The lowest BCUT2D eigenvalue weighted by Gasteiger charge is -2.01. The quantitative estimate of drug-likeness (QED) is 0.819. The molecule has 0 atom stereocenters. The number of nitrogens with zero attached hydrogens (tertiary/aromatic N) is 1. The van der Waals surface area contributed by atoms with E-state index in [1.165, 1.54) is 6.07 Å². The number of hydrogen-bond donors (Lipinski definition) is 1. The van der Waals surface area contributed by atoms with Gasteiger partial charge in [-0.05, 0) is 18.4 Å². The molecule has 0 bridgehead atoms. The van der Waals surface area contributed by atoms with Crippen LogP contribution in [0.4, 0.5) is 5.13 Å². The predicted molar refractivity (Wildman–Crippen MR) is 77.6 cm³/mol. The van der Waals surface area contributed by atoms with E-state index in [4.69, 9.17) is 4.74 Å². The molecule has 2 rings (SSSR count). The van der Waals surface area contributed by atoms with Gasteiger partial charge in [-0.15, -0.1) is 22.7 Å². The van der Waals surface area contributed by atoms with Gasteiger partial charge in [-0.25, -0.2) is 13.4 Å². The van der Waals surface area contributed by atoms with Gasteiger partial charge in [0.05, 0.1) is 18.7 Å². The number of aromatic nitrogens is 1. The van der Waals surface area contributed by atoms with Gasteiger partial charge in [0.15, 0.2) is 5.13 Å². The molecule has 0 fully saturated rings. The Labute approximate surface area is 124 Å². The van der Waals surface area contributed by atoms with Gasteiger partial charge in [0.2, 0.25) is 0 Å². The first-order chi connectivity index (χ1) is 9.51. The summed E-state index contributed by atoms with van der Waals surface area (Å²) in [4.78, 5) is 15.4. The molecule has 0 aliphatic carbocycles. The van der Waals surface area contributed by atoms with E-state index in [0.29, 0.717) is 12.3 Å². The van der Waals surface area contributed by atoms with Crippen molar-refractivity contribution in [2.24, 2.45) is 0 Å². The molecule has 0 aromatic carbocycles. The van der Waals surface area contributed by atoms with Gasteiger partial charge in [-0.1, -0.05) is 6.07 Å². The van der Waals surface area contributed by atoms with Crippen LogP contribution in [-0.2, 0) is 26.0 Å². The van der Waals surface area contributed by atoms with E-state index in [-0.39, 0.29) is 21.7 Å². The smallest absolute Gasteiger partial charge is 0.311 e. The van der Waals surface area contributed by atoms with Crippen molar-refractivity contribution in [3.05, 3.63) is 28.6 Å². The molecular weight excluding hydrogens is 320 g/mol. The third-order valence-electron chi connectivity index (χ3n) is 2.16. The summed E-state index contributed by atoms with van der Waals surface area (Å²) in [5, 5.41) is 3.55. The number of carbonyl (C=O) groups excluding carboxylic acids is 1. The van der Waals surface area contributed by atoms with Crippen LogP contribution in [0.25, 0.3) is 0 Å². The number of sulfonamides is 1. The van der Waals surface area contributed by atoms with E-state index in [9.17, 15) is 13.2 Å². The average Bonchev–Trinajstić information content (AvgIpc) is 3.00. The van der Waals surface area contributed by atoms with Crippen molar-refractivity contribution in [2.75, 3.05) is 11.3 Å². The standard InChI is InChI=1S/C11H12N2O4S3/c1-2-17-9(14)6-8-7-19-11(12-8)13-20(15,16)10-4-3-5-18-10/h3-5,7H,2,6H2,1H3,(H,12,13). The summed E-state index contributed by atoms with van der Waals surface area (Å²) in [6.45, 7) is 2.03. The Kier molecular flexibility index (Phi) is 4.73. The monoisotopic (exact) mass is 332 g/mol. The second-order valence-electron chi connectivity index (χ2n) is 3.66. The van der Waals surface area contributed by atoms with Gasteiger partial charge in [0.25, 0.3) is 10.0 Å². The first-order valence-corrected chi connectivity index (χ1v) is 8.92. The van der Waals surface area contributed by atoms with Crippen LogP contribution in [0.1, 0.15) is 12.6 Å². The Morgan fingerprint density at radius 1 is 1.45 bits per heavy atom. The topological polar surface area (TPSA) is 85.4 Å². The SMILES string of the molecule is CCOC(=O)Cc1csc(NS(=O)(=O)c2cccs2)n1. The van der Waals surface area contributed by atoms with Gasteiger partial charge < -0.3 is 4.74 Å². The second-order valence-corrected chi connectivity index (χ2v) is 7.38. The highest BCUT2D eigenvalue weighted by Crippen LogP contribution is 2.22. The van der Waals surface area contributed by atoms with Crippen molar-refractivity contribution in [3.63, 3.8) is 0 Å². The maximum absolute atomic E-state index is 12.0. The normalized spacial score (nSPS) is 11.2. The number of hydrogen-bond acceptors (Lipinski definition) is 7. The number of carbonyl (C=O) groups is 1. The van der Waals surface area contributed by atoms with Crippen molar-refractivity contribution >= 4 is 43.8 Å². The number of esters is 1. The van der Waals surface area contributed by atoms with Crippen LogP contribution < -0.4 is 4.72 Å². The number of thiazole rings is 1. The fourth-order valence-electron chi connectivity index (χ4n) is 1.38. The molecule has 0 amide bonds. The lowest BCUT2D eigenvalue weighted by atomic mass is 10.3. The van der Waals surface area contributed by atoms with Crippen LogP contribution in [0.2, 0.25) is 0 Å². The average molecular weight is 332 g/mol. The summed E-state index contributed by atoms with van der Waals surface area (Å²) >= 11 is 2.25. The third kappa shape index (κ3) is 3.78. The van der Waals surface area contributed by atoms with Crippen LogP contribution in [0, 0.1) is 0 Å². The molecule has 108 valence electrons. The minimum Gasteiger partial charge on any atom is -0.466 e. The number of ether oxygens (including phenoxy) is 1. The molecule has 2 aromatic heterocycles. The van der Waals surface area contributed by atoms with Gasteiger partial charge in [-0.2, -0.15) is 0 Å². The van der Waals surface area contributed by atoms with Gasteiger partial charge >= 0.3 is 5.97 Å². The molecule has 2 aromatic rings. The fraction of sp³-hybridized carbons (Fsp3) is 0.273. The van der Waals surface area contributed by atoms with E-state index >= 15 is 0 Å². The molecule has 20 heavy (non-hydrogen) atoms. The summed E-state index contributed by atoms with van der Waals surface area (Å²) in [6, 6.07) is 3.17. The number of nitrogens with one attached hydrogen (secondary N) is 1. The second kappa shape index (κ2) is 6.33. The van der Waals surface area contributed by atoms with Crippen molar-refractivity contribution < 1.29 is 17.9 Å². The van der Waals surface area contributed by atoms with Crippen LogP contribution in [0.5, 0.6) is 0 Å². The van der Waals surface area contributed by atoms with Crippen LogP contribution in [0.3, 0.4) is 0 Å². The van der Waals surface area contributed by atoms with Crippen LogP contribution in [0.15, 0.2) is 27.1 Å². The van der Waals surface area contributed by atoms with E-state index < -0.39 is 10.0 Å². The highest BCUT2D eigenvalue weighted by molar-refractivity contribution is 7.94. The summed E-state index contributed by atoms with van der Waals surface area (Å²) in [5.74, 6) is -0.384. The number of anilines is 1. The molecule has 2 heterocycles. The van der Waals surface area contributed by atoms with E-state index in [0.717, 1.165) is 22.7 Å². The Morgan fingerprint density at radius 3 is 2.90 bits per heavy atom. The molecule has 0 aliphatic heterocycles. The predicted octanol–water partition coefficient (Wildman–Crippen LogP) is 2.11. The van der Waals surface area contributed by atoms with Gasteiger partial charge in [0, 0.05) is 5.38 Å². The molecule has 1 N–H and O–H groups in total. The zero-order valence-corrected chi connectivity index (χ0v) is 13.0. The van der Waals surface area contributed by atoms with E-state index in [1.807, 2.05) is 0 Å². The summed E-state index contributed by atoms with van der Waals surface area (Å²) in [7, 11) is -3.60. The van der Waals surface area contributed by atoms with Crippen molar-refractivity contribution in [1.82, 2.24) is 4.98 Å². The Balaban J connectivity index is 2.05. The van der Waals surface area contributed by atoms with Crippen molar-refractivity contribution in [2.45, 2.75) is 17.6 Å². The molecular formula is C11H12N2O4S3. The molecule has 0 aliphatic rings. The van der Waals surface area contributed by atoms with E-state index in [1.54, 1.807) is 23.8 Å². The Hall–Kier alpha value is -1.45. The summed E-state index contributed by atoms with van der Waals surface area (Å²) < 4.78 is 31.4. The molecule has 0 spiro atoms. The van der Waals surface area contributed by atoms with Crippen LogP contribution >= 0.6 is 22.7 Å². The molecule has 0 saturated carbocycles. The largest absolute Gasteiger partial charge is 0.466 e. The van der Waals surface area contributed by atoms with Gasteiger partial charge in [-0.3, -0.25) is 9.52 Å². The van der Waals surface area contributed by atoms with E-state index in [2.05, 4.69) is 9.71 Å².